The lowest BCUT2D eigenvalue weighted by atomic mass is 9.97. The molecule has 0 atom stereocenters. The van der Waals surface area contributed by atoms with E-state index in [4.69, 9.17) is 0 Å². The van der Waals surface area contributed by atoms with E-state index in [1.165, 1.54) is 18.7 Å². The highest BCUT2D eigenvalue weighted by molar-refractivity contribution is 5.05. The van der Waals surface area contributed by atoms with Gasteiger partial charge in [-0.1, -0.05) is 13.8 Å². The van der Waals surface area contributed by atoms with Gasteiger partial charge in [0.25, 0.3) is 0 Å². The molecule has 0 aromatic carbocycles. The van der Waals surface area contributed by atoms with E-state index >= 15 is 0 Å². The topological polar surface area (TPSA) is 46.0 Å². The molecule has 1 saturated heterocycles. The van der Waals surface area contributed by atoms with Crippen molar-refractivity contribution < 1.29 is 0 Å². The van der Waals surface area contributed by atoms with Crippen molar-refractivity contribution in [2.75, 3.05) is 26.7 Å². The third-order valence-corrected chi connectivity index (χ3v) is 3.68. The summed E-state index contributed by atoms with van der Waals surface area (Å²) in [5.41, 5.74) is 0. The second kappa shape index (κ2) is 6.29. The van der Waals surface area contributed by atoms with Gasteiger partial charge >= 0.3 is 0 Å². The molecule has 5 heteroatoms. The van der Waals surface area contributed by atoms with Crippen molar-refractivity contribution in [1.82, 2.24) is 25.0 Å². The number of likely N-dealkylation sites (N-methyl/N-ethyl adjacent to an activating group) is 1. The number of aromatic nitrogens is 3. The Bertz CT molecular complexity index is 367. The van der Waals surface area contributed by atoms with E-state index in [1.807, 2.05) is 13.8 Å². The van der Waals surface area contributed by atoms with Crippen molar-refractivity contribution in [3.05, 3.63) is 11.6 Å². The second-order valence-corrected chi connectivity index (χ2v) is 4.89. The summed E-state index contributed by atoms with van der Waals surface area (Å²) in [7, 11) is 2.14. The molecule has 0 aliphatic carbocycles. The quantitative estimate of drug-likeness (QED) is 0.815. The Balaban J connectivity index is 0.000000574. The molecule has 1 aromatic heterocycles. The molecule has 0 unspecified atom stereocenters. The summed E-state index contributed by atoms with van der Waals surface area (Å²) in [5, 5.41) is 12.1. The third-order valence-electron chi connectivity index (χ3n) is 3.68. The molecule has 0 amide bonds. The van der Waals surface area contributed by atoms with Crippen molar-refractivity contribution >= 4 is 0 Å². The van der Waals surface area contributed by atoms with Gasteiger partial charge in [-0.15, -0.1) is 10.2 Å². The normalized spacial score (nSPS) is 21.1. The number of hydrogen-bond donors (Lipinski definition) is 1. The molecule has 2 aliphatic heterocycles. The number of nitrogens with zero attached hydrogens (tertiary/aromatic N) is 4. The van der Waals surface area contributed by atoms with E-state index in [0.29, 0.717) is 5.92 Å². The number of hydrogen-bond acceptors (Lipinski definition) is 4. The molecule has 3 heterocycles. The van der Waals surface area contributed by atoms with Gasteiger partial charge in [0.15, 0.2) is 0 Å². The van der Waals surface area contributed by atoms with E-state index in [1.54, 1.807) is 0 Å². The summed E-state index contributed by atoms with van der Waals surface area (Å²) in [5.74, 6) is 2.98. The molecule has 2 aliphatic rings. The van der Waals surface area contributed by atoms with Crippen molar-refractivity contribution in [3.63, 3.8) is 0 Å². The summed E-state index contributed by atoms with van der Waals surface area (Å²) in [4.78, 5) is 2.30. The monoisotopic (exact) mass is 251 g/mol. The molecule has 1 fully saturated rings. The Kier molecular flexibility index (Phi) is 4.72. The van der Waals surface area contributed by atoms with Gasteiger partial charge in [-0.3, -0.25) is 4.90 Å². The largest absolute Gasteiger partial charge is 0.317 e. The minimum absolute atomic E-state index is 0.617. The molecule has 1 N–H and O–H groups in total. The fraction of sp³-hybridized carbons (Fsp3) is 0.846. The van der Waals surface area contributed by atoms with E-state index in [0.717, 1.165) is 38.5 Å². The Hall–Kier alpha value is -0.940. The van der Waals surface area contributed by atoms with Gasteiger partial charge < -0.3 is 9.88 Å². The molecule has 102 valence electrons. The lowest BCUT2D eigenvalue weighted by molar-refractivity contribution is 0.259. The maximum absolute atomic E-state index is 4.41. The van der Waals surface area contributed by atoms with Gasteiger partial charge in [0.2, 0.25) is 0 Å². The highest BCUT2D eigenvalue weighted by atomic mass is 15.3. The molecule has 0 saturated carbocycles. The minimum atomic E-state index is 0.617. The zero-order chi connectivity index (χ0) is 13.0. The third kappa shape index (κ3) is 2.72. The zero-order valence-electron chi connectivity index (χ0n) is 11.8. The van der Waals surface area contributed by atoms with Crippen LogP contribution in [0.25, 0.3) is 0 Å². The summed E-state index contributed by atoms with van der Waals surface area (Å²) < 4.78 is 2.34. The molecule has 1 aromatic rings. The van der Waals surface area contributed by atoms with Gasteiger partial charge in [-0.25, -0.2) is 0 Å². The van der Waals surface area contributed by atoms with Crippen LogP contribution < -0.4 is 5.32 Å². The summed E-state index contributed by atoms with van der Waals surface area (Å²) in [6.45, 7) is 9.35. The Morgan fingerprint density at radius 1 is 1.11 bits per heavy atom. The summed E-state index contributed by atoms with van der Waals surface area (Å²) >= 11 is 0. The van der Waals surface area contributed by atoms with E-state index in [2.05, 4.69) is 32.0 Å². The van der Waals surface area contributed by atoms with Crippen LogP contribution in [0.1, 0.15) is 44.3 Å². The highest BCUT2D eigenvalue weighted by Crippen LogP contribution is 2.25. The Morgan fingerprint density at radius 2 is 1.83 bits per heavy atom. The van der Waals surface area contributed by atoms with Crippen LogP contribution in [0.2, 0.25) is 0 Å². The smallest absolute Gasteiger partial charge is 0.147 e. The molecule has 0 bridgehead atoms. The standard InChI is InChI=1S/C11H19N5.C2H6/c1-15-6-7-16-10(8-15)13-14-11(16)9-2-4-12-5-3-9;1-2/h9,12H,2-8H2,1H3;1-2H3. The lowest BCUT2D eigenvalue weighted by Gasteiger charge is -2.27. The average molecular weight is 251 g/mol. The van der Waals surface area contributed by atoms with Crippen LogP contribution in [0.5, 0.6) is 0 Å². The van der Waals surface area contributed by atoms with Gasteiger partial charge in [-0.05, 0) is 33.0 Å². The van der Waals surface area contributed by atoms with Crippen molar-refractivity contribution in [2.45, 2.75) is 45.7 Å². The molecule has 0 spiro atoms. The van der Waals surface area contributed by atoms with Crippen LogP contribution in [-0.4, -0.2) is 46.3 Å². The number of piperidine rings is 1. The predicted octanol–water partition coefficient (Wildman–Crippen LogP) is 1.22. The molecule has 5 nitrogen and oxygen atoms in total. The van der Waals surface area contributed by atoms with Crippen LogP contribution in [0.4, 0.5) is 0 Å². The number of nitrogens with one attached hydrogen (secondary N) is 1. The van der Waals surface area contributed by atoms with E-state index in [-0.39, 0.29) is 0 Å². The Labute approximate surface area is 110 Å². The highest BCUT2D eigenvalue weighted by Gasteiger charge is 2.25. The van der Waals surface area contributed by atoms with Gasteiger partial charge in [0, 0.05) is 19.0 Å². The lowest BCUT2D eigenvalue weighted by Crippen LogP contribution is -2.33. The predicted molar refractivity (Wildman–Crippen MR) is 72.5 cm³/mol. The van der Waals surface area contributed by atoms with Crippen molar-refractivity contribution in [3.8, 4) is 0 Å². The summed E-state index contributed by atoms with van der Waals surface area (Å²) in [6, 6.07) is 0. The summed E-state index contributed by atoms with van der Waals surface area (Å²) in [6.07, 6.45) is 2.40. The van der Waals surface area contributed by atoms with Crippen molar-refractivity contribution in [2.24, 2.45) is 0 Å². The molecular weight excluding hydrogens is 226 g/mol. The van der Waals surface area contributed by atoms with Crippen LogP contribution in [0.15, 0.2) is 0 Å². The van der Waals surface area contributed by atoms with Crippen molar-refractivity contribution in [1.29, 1.82) is 0 Å². The van der Waals surface area contributed by atoms with Gasteiger partial charge in [-0.2, -0.15) is 0 Å². The number of rotatable bonds is 1. The van der Waals surface area contributed by atoms with Gasteiger partial charge in [0.05, 0.1) is 6.54 Å². The first-order valence-electron chi connectivity index (χ1n) is 7.16. The average Bonchev–Trinajstić information content (AvgIpc) is 2.85. The molecule has 0 radical (unpaired) electrons. The fourth-order valence-corrected chi connectivity index (χ4v) is 2.68. The molecular formula is C13H25N5. The fourth-order valence-electron chi connectivity index (χ4n) is 2.68. The first-order chi connectivity index (χ1) is 8.84. The minimum Gasteiger partial charge on any atom is -0.317 e. The van der Waals surface area contributed by atoms with Crippen LogP contribution in [0.3, 0.4) is 0 Å². The first-order valence-corrected chi connectivity index (χ1v) is 7.16. The number of fused-ring (bicyclic) bond motifs is 1. The SMILES string of the molecule is CC.CN1CCn2c(nnc2C2CCNCC2)C1. The Morgan fingerprint density at radius 3 is 2.56 bits per heavy atom. The first kappa shape index (κ1) is 13.5. The van der Waals surface area contributed by atoms with E-state index in [9.17, 15) is 0 Å². The molecule has 18 heavy (non-hydrogen) atoms. The second-order valence-electron chi connectivity index (χ2n) is 4.89. The van der Waals surface area contributed by atoms with Gasteiger partial charge in [0.1, 0.15) is 11.6 Å². The molecule has 3 rings (SSSR count). The van der Waals surface area contributed by atoms with Crippen LogP contribution in [-0.2, 0) is 13.1 Å². The van der Waals surface area contributed by atoms with E-state index < -0.39 is 0 Å². The van der Waals surface area contributed by atoms with Crippen LogP contribution >= 0.6 is 0 Å². The maximum atomic E-state index is 4.41. The maximum Gasteiger partial charge on any atom is 0.147 e. The zero-order valence-corrected chi connectivity index (χ0v) is 11.8. The van der Waals surface area contributed by atoms with Crippen LogP contribution in [0, 0.1) is 0 Å².